The van der Waals surface area contributed by atoms with Gasteiger partial charge in [-0.3, -0.25) is 15.1 Å². The molecule has 5 rings (SSSR count). The van der Waals surface area contributed by atoms with Crippen LogP contribution in [0.25, 0.3) is 20.8 Å². The third kappa shape index (κ3) is 3.37. The standard InChI is InChI=1S/C22H15N3O4S/c1-13-2-7-21-17(8-13)24-22(30-21)14-3-5-16(6-4-14)23-11-15-9-19-20(29-12-28-19)10-18(15)25(26)27/h2-11H,12H2,1H3. The minimum atomic E-state index is -0.457. The number of benzene rings is 3. The zero-order valence-electron chi connectivity index (χ0n) is 15.9. The molecular formula is C22H15N3O4S. The molecule has 0 aliphatic carbocycles. The van der Waals surface area contributed by atoms with Gasteiger partial charge in [0.2, 0.25) is 6.79 Å². The normalized spacial score (nSPS) is 12.7. The summed E-state index contributed by atoms with van der Waals surface area (Å²) >= 11 is 1.64. The molecule has 0 amide bonds. The second kappa shape index (κ2) is 7.23. The number of nitrogens with zero attached hydrogens (tertiary/aromatic N) is 3. The molecule has 2 heterocycles. The van der Waals surface area contributed by atoms with Gasteiger partial charge in [-0.15, -0.1) is 11.3 Å². The van der Waals surface area contributed by atoms with Crippen molar-refractivity contribution in [2.75, 3.05) is 6.79 Å². The molecule has 0 saturated carbocycles. The average Bonchev–Trinajstić information content (AvgIpc) is 3.37. The van der Waals surface area contributed by atoms with Gasteiger partial charge in [-0.1, -0.05) is 6.07 Å². The Morgan fingerprint density at radius 2 is 1.87 bits per heavy atom. The molecular weight excluding hydrogens is 402 g/mol. The van der Waals surface area contributed by atoms with Gasteiger partial charge < -0.3 is 9.47 Å². The van der Waals surface area contributed by atoms with Crippen LogP contribution in [0.4, 0.5) is 11.4 Å². The van der Waals surface area contributed by atoms with E-state index in [2.05, 4.69) is 30.1 Å². The van der Waals surface area contributed by atoms with Crippen molar-refractivity contribution in [3.8, 4) is 22.1 Å². The van der Waals surface area contributed by atoms with Crippen LogP contribution in [0, 0.1) is 17.0 Å². The molecule has 8 heteroatoms. The van der Waals surface area contributed by atoms with Gasteiger partial charge in [0, 0.05) is 11.8 Å². The molecule has 0 spiro atoms. The summed E-state index contributed by atoms with van der Waals surface area (Å²) in [5.74, 6) is 0.845. The molecule has 0 N–H and O–H groups in total. The Morgan fingerprint density at radius 3 is 2.63 bits per heavy atom. The summed E-state index contributed by atoms with van der Waals surface area (Å²) < 4.78 is 11.7. The first kappa shape index (κ1) is 18.3. The van der Waals surface area contributed by atoms with Crippen LogP contribution in [-0.2, 0) is 0 Å². The number of hydrogen-bond donors (Lipinski definition) is 0. The summed E-state index contributed by atoms with van der Waals surface area (Å²) in [5.41, 5.74) is 4.14. The summed E-state index contributed by atoms with van der Waals surface area (Å²) in [4.78, 5) is 20.0. The number of hydrogen-bond acceptors (Lipinski definition) is 7. The molecule has 0 saturated heterocycles. The van der Waals surface area contributed by atoms with E-state index < -0.39 is 4.92 Å². The fourth-order valence-electron chi connectivity index (χ4n) is 3.20. The molecule has 1 aliphatic heterocycles. The first-order chi connectivity index (χ1) is 14.6. The highest BCUT2D eigenvalue weighted by molar-refractivity contribution is 7.21. The minimum Gasteiger partial charge on any atom is -0.454 e. The van der Waals surface area contributed by atoms with Gasteiger partial charge in [0.1, 0.15) is 5.01 Å². The average molecular weight is 417 g/mol. The van der Waals surface area contributed by atoms with E-state index in [4.69, 9.17) is 14.5 Å². The lowest BCUT2D eigenvalue weighted by molar-refractivity contribution is -0.385. The van der Waals surface area contributed by atoms with Crippen molar-refractivity contribution in [2.24, 2.45) is 4.99 Å². The number of nitro groups is 1. The van der Waals surface area contributed by atoms with Gasteiger partial charge in [-0.05, 0) is 55.0 Å². The lowest BCUT2D eigenvalue weighted by Gasteiger charge is -2.01. The largest absolute Gasteiger partial charge is 0.454 e. The summed E-state index contributed by atoms with van der Waals surface area (Å²) in [6.07, 6.45) is 1.47. The number of ether oxygens (including phenoxy) is 2. The Kier molecular flexibility index (Phi) is 4.40. The molecule has 148 valence electrons. The monoisotopic (exact) mass is 417 g/mol. The zero-order chi connectivity index (χ0) is 20.7. The van der Waals surface area contributed by atoms with Crippen LogP contribution >= 0.6 is 11.3 Å². The van der Waals surface area contributed by atoms with E-state index in [0.717, 1.165) is 20.8 Å². The molecule has 0 unspecified atom stereocenters. The number of aromatic nitrogens is 1. The van der Waals surface area contributed by atoms with Gasteiger partial charge in [-0.25, -0.2) is 4.98 Å². The highest BCUT2D eigenvalue weighted by Gasteiger charge is 2.22. The second-order valence-electron chi connectivity index (χ2n) is 6.82. The maximum Gasteiger partial charge on any atom is 0.282 e. The number of rotatable bonds is 4. The van der Waals surface area contributed by atoms with E-state index in [1.54, 1.807) is 17.4 Å². The predicted octanol–water partition coefficient (Wildman–Crippen LogP) is 5.66. The molecule has 7 nitrogen and oxygen atoms in total. The lowest BCUT2D eigenvalue weighted by Crippen LogP contribution is -1.94. The van der Waals surface area contributed by atoms with Gasteiger partial charge in [-0.2, -0.15) is 0 Å². The summed E-state index contributed by atoms with van der Waals surface area (Å²) in [5, 5.41) is 12.3. The van der Waals surface area contributed by atoms with Gasteiger partial charge >= 0.3 is 0 Å². The number of aryl methyl sites for hydroxylation is 1. The van der Waals surface area contributed by atoms with Crippen LogP contribution in [0.15, 0.2) is 59.6 Å². The summed E-state index contributed by atoms with van der Waals surface area (Å²) in [6.45, 7) is 2.11. The highest BCUT2D eigenvalue weighted by atomic mass is 32.1. The Labute approximate surface area is 175 Å². The summed E-state index contributed by atoms with van der Waals surface area (Å²) in [6, 6.07) is 16.8. The molecule has 0 atom stereocenters. The maximum absolute atomic E-state index is 11.4. The number of aliphatic imine (C=N–C) groups is 1. The second-order valence-corrected chi connectivity index (χ2v) is 7.85. The van der Waals surface area contributed by atoms with E-state index >= 15 is 0 Å². The quantitative estimate of drug-likeness (QED) is 0.243. The topological polar surface area (TPSA) is 86.9 Å². The maximum atomic E-state index is 11.4. The lowest BCUT2D eigenvalue weighted by atomic mass is 10.1. The fraction of sp³-hybridized carbons (Fsp3) is 0.0909. The highest BCUT2D eigenvalue weighted by Crippen LogP contribution is 2.37. The fourth-order valence-corrected chi connectivity index (χ4v) is 4.16. The van der Waals surface area contributed by atoms with E-state index in [-0.39, 0.29) is 12.5 Å². The van der Waals surface area contributed by atoms with Gasteiger partial charge in [0.05, 0.1) is 32.5 Å². The van der Waals surface area contributed by atoms with Crippen molar-refractivity contribution in [1.82, 2.24) is 4.98 Å². The van der Waals surface area contributed by atoms with Gasteiger partial charge in [0.25, 0.3) is 5.69 Å². The van der Waals surface area contributed by atoms with Crippen molar-refractivity contribution in [1.29, 1.82) is 0 Å². The molecule has 30 heavy (non-hydrogen) atoms. The third-order valence-corrected chi connectivity index (χ3v) is 5.81. The predicted molar refractivity (Wildman–Crippen MR) is 116 cm³/mol. The van der Waals surface area contributed by atoms with Crippen LogP contribution < -0.4 is 9.47 Å². The van der Waals surface area contributed by atoms with Crippen molar-refractivity contribution in [2.45, 2.75) is 6.92 Å². The molecule has 0 radical (unpaired) electrons. The van der Waals surface area contributed by atoms with Crippen molar-refractivity contribution in [3.63, 3.8) is 0 Å². The van der Waals surface area contributed by atoms with Crippen LogP contribution in [0.3, 0.4) is 0 Å². The molecule has 1 aliphatic rings. The summed E-state index contributed by atoms with van der Waals surface area (Å²) in [7, 11) is 0. The molecule has 1 aromatic heterocycles. The SMILES string of the molecule is Cc1ccc2sc(-c3ccc(N=Cc4cc5c(cc4[N+](=O)[O-])OCO5)cc3)nc2c1. The molecule has 0 fully saturated rings. The number of fused-ring (bicyclic) bond motifs is 2. The molecule has 3 aromatic carbocycles. The van der Waals surface area contributed by atoms with Crippen molar-refractivity contribution < 1.29 is 14.4 Å². The Morgan fingerprint density at radius 1 is 1.10 bits per heavy atom. The smallest absolute Gasteiger partial charge is 0.282 e. The first-order valence-corrected chi connectivity index (χ1v) is 9.98. The van der Waals surface area contributed by atoms with E-state index in [1.807, 2.05) is 24.3 Å². The van der Waals surface area contributed by atoms with Crippen LogP contribution in [0.5, 0.6) is 11.5 Å². The Bertz CT molecular complexity index is 1310. The number of nitro benzene ring substituents is 1. The number of thiazole rings is 1. The first-order valence-electron chi connectivity index (χ1n) is 9.16. The molecule has 0 bridgehead atoms. The third-order valence-electron chi connectivity index (χ3n) is 4.73. The minimum absolute atomic E-state index is 0.0554. The van der Waals surface area contributed by atoms with E-state index in [0.29, 0.717) is 22.7 Å². The van der Waals surface area contributed by atoms with Crippen molar-refractivity contribution in [3.05, 3.63) is 75.8 Å². The van der Waals surface area contributed by atoms with Crippen LogP contribution in [0.2, 0.25) is 0 Å². The molecule has 4 aromatic rings. The zero-order valence-corrected chi connectivity index (χ0v) is 16.7. The van der Waals surface area contributed by atoms with Crippen LogP contribution in [0.1, 0.15) is 11.1 Å². The van der Waals surface area contributed by atoms with Crippen LogP contribution in [-0.4, -0.2) is 22.9 Å². The van der Waals surface area contributed by atoms with E-state index in [9.17, 15) is 10.1 Å². The van der Waals surface area contributed by atoms with Crippen molar-refractivity contribution >= 4 is 39.1 Å². The Balaban J connectivity index is 1.42. The Hall–Kier alpha value is -3.78. The van der Waals surface area contributed by atoms with Gasteiger partial charge in [0.15, 0.2) is 11.5 Å². The van der Waals surface area contributed by atoms with E-state index in [1.165, 1.54) is 17.8 Å².